The number of benzene rings is 1. The van der Waals surface area contributed by atoms with Crippen molar-refractivity contribution in [3.63, 3.8) is 0 Å². The zero-order valence-electron chi connectivity index (χ0n) is 8.52. The maximum Gasteiger partial charge on any atom is 0.387 e. The quantitative estimate of drug-likeness (QED) is 0.650. The summed E-state index contributed by atoms with van der Waals surface area (Å²) in [6.45, 7) is -1.89. The number of carboxylic acid groups (broad SMARTS) is 1. The molecule has 1 rings (SSSR count). The van der Waals surface area contributed by atoms with Crippen LogP contribution >= 0.6 is 0 Å². The molecule has 0 aliphatic heterocycles. The zero-order valence-corrected chi connectivity index (χ0v) is 8.52. The number of alkyl halides is 2. The number of carbonyl (C=O) groups is 1. The molecule has 0 atom stereocenters. The molecule has 0 amide bonds. The van der Waals surface area contributed by atoms with E-state index in [1.165, 1.54) is 6.92 Å². The predicted octanol–water partition coefficient (Wildman–Crippen LogP) is 2.20. The van der Waals surface area contributed by atoms with Crippen molar-refractivity contribution in [2.24, 2.45) is 0 Å². The van der Waals surface area contributed by atoms with Gasteiger partial charge >= 0.3 is 12.6 Å². The summed E-state index contributed by atoms with van der Waals surface area (Å²) < 4.78 is 27.9. The molecular formula is C9H7F2NO5. The van der Waals surface area contributed by atoms with Gasteiger partial charge in [0.1, 0.15) is 11.3 Å². The molecule has 0 saturated heterocycles. The third-order valence-electron chi connectivity index (χ3n) is 1.91. The van der Waals surface area contributed by atoms with E-state index < -0.39 is 34.5 Å². The van der Waals surface area contributed by atoms with E-state index in [4.69, 9.17) is 5.11 Å². The van der Waals surface area contributed by atoms with Crippen LogP contribution in [-0.2, 0) is 0 Å². The monoisotopic (exact) mass is 247 g/mol. The summed E-state index contributed by atoms with van der Waals surface area (Å²) in [4.78, 5) is 20.5. The molecule has 17 heavy (non-hydrogen) atoms. The predicted molar refractivity (Wildman–Crippen MR) is 51.4 cm³/mol. The van der Waals surface area contributed by atoms with E-state index in [0.29, 0.717) is 6.07 Å². The number of carboxylic acids is 1. The SMILES string of the molecule is Cc1cc(OC(F)F)cc(C(=O)O)c1[N+](=O)[O-]. The Bertz CT molecular complexity index is 475. The Morgan fingerprint density at radius 3 is 2.53 bits per heavy atom. The summed E-state index contributed by atoms with van der Waals surface area (Å²) in [5, 5.41) is 19.4. The second-order valence-corrected chi connectivity index (χ2v) is 3.08. The average molecular weight is 247 g/mol. The van der Waals surface area contributed by atoms with Gasteiger partial charge in [-0.15, -0.1) is 0 Å². The first kappa shape index (κ1) is 12.8. The molecule has 92 valence electrons. The zero-order chi connectivity index (χ0) is 13.2. The van der Waals surface area contributed by atoms with Crippen molar-refractivity contribution in [1.29, 1.82) is 0 Å². The van der Waals surface area contributed by atoms with E-state index in [1.54, 1.807) is 0 Å². The van der Waals surface area contributed by atoms with Gasteiger partial charge in [0.2, 0.25) is 0 Å². The van der Waals surface area contributed by atoms with E-state index in [1.807, 2.05) is 0 Å². The molecule has 0 spiro atoms. The maximum atomic E-state index is 11.9. The number of nitro groups is 1. The van der Waals surface area contributed by atoms with Gasteiger partial charge in [0.25, 0.3) is 5.69 Å². The van der Waals surface area contributed by atoms with Crippen LogP contribution < -0.4 is 4.74 Å². The lowest BCUT2D eigenvalue weighted by molar-refractivity contribution is -0.385. The normalized spacial score (nSPS) is 10.4. The number of aromatic carboxylic acids is 1. The molecule has 1 N–H and O–H groups in total. The van der Waals surface area contributed by atoms with Crippen LogP contribution in [0.4, 0.5) is 14.5 Å². The average Bonchev–Trinajstić information content (AvgIpc) is 2.14. The van der Waals surface area contributed by atoms with Crippen molar-refractivity contribution in [3.8, 4) is 5.75 Å². The molecule has 0 fully saturated rings. The second kappa shape index (κ2) is 4.73. The van der Waals surface area contributed by atoms with E-state index >= 15 is 0 Å². The first-order valence-corrected chi connectivity index (χ1v) is 4.30. The van der Waals surface area contributed by atoms with Crippen LogP contribution in [0.15, 0.2) is 12.1 Å². The summed E-state index contributed by atoms with van der Waals surface area (Å²) in [6.07, 6.45) is 0. The van der Waals surface area contributed by atoms with Gasteiger partial charge in [-0.2, -0.15) is 8.78 Å². The first-order valence-electron chi connectivity index (χ1n) is 4.30. The summed E-state index contributed by atoms with van der Waals surface area (Å²) in [5.74, 6) is -2.01. The van der Waals surface area contributed by atoms with Gasteiger partial charge in [0.15, 0.2) is 0 Å². The van der Waals surface area contributed by atoms with Crippen LogP contribution in [0.2, 0.25) is 0 Å². The number of rotatable bonds is 4. The van der Waals surface area contributed by atoms with Gasteiger partial charge < -0.3 is 9.84 Å². The molecule has 1 aromatic rings. The lowest BCUT2D eigenvalue weighted by Crippen LogP contribution is -2.08. The van der Waals surface area contributed by atoms with Crippen molar-refractivity contribution in [2.75, 3.05) is 0 Å². The fraction of sp³-hybridized carbons (Fsp3) is 0.222. The molecule has 0 saturated carbocycles. The molecular weight excluding hydrogens is 240 g/mol. The van der Waals surface area contributed by atoms with E-state index in [0.717, 1.165) is 6.07 Å². The van der Waals surface area contributed by atoms with Crippen molar-refractivity contribution in [3.05, 3.63) is 33.4 Å². The van der Waals surface area contributed by atoms with Gasteiger partial charge in [-0.05, 0) is 13.0 Å². The van der Waals surface area contributed by atoms with Crippen molar-refractivity contribution in [2.45, 2.75) is 13.5 Å². The molecule has 8 heteroatoms. The molecule has 0 radical (unpaired) electrons. The molecule has 0 aliphatic rings. The van der Waals surface area contributed by atoms with Gasteiger partial charge in [0.05, 0.1) is 4.92 Å². The summed E-state index contributed by atoms with van der Waals surface area (Å²) >= 11 is 0. The Labute approximate surface area is 93.6 Å². The minimum Gasteiger partial charge on any atom is -0.477 e. The number of aryl methyl sites for hydroxylation is 1. The number of nitrogens with zero attached hydrogens (tertiary/aromatic N) is 1. The Morgan fingerprint density at radius 2 is 2.12 bits per heavy atom. The minimum atomic E-state index is -3.13. The highest BCUT2D eigenvalue weighted by atomic mass is 19.3. The van der Waals surface area contributed by atoms with Crippen LogP contribution in [0.1, 0.15) is 15.9 Å². The van der Waals surface area contributed by atoms with E-state index in [2.05, 4.69) is 4.74 Å². The third kappa shape index (κ3) is 2.86. The second-order valence-electron chi connectivity index (χ2n) is 3.08. The van der Waals surface area contributed by atoms with Crippen LogP contribution in [0.25, 0.3) is 0 Å². The van der Waals surface area contributed by atoms with Crippen molar-refractivity contribution in [1.82, 2.24) is 0 Å². The standard InChI is InChI=1S/C9H7F2NO5/c1-4-2-5(17-9(10)11)3-6(8(13)14)7(4)12(15)16/h2-3,9H,1H3,(H,13,14). The summed E-state index contributed by atoms with van der Waals surface area (Å²) in [7, 11) is 0. The molecule has 1 aromatic carbocycles. The molecule has 0 aliphatic carbocycles. The lowest BCUT2D eigenvalue weighted by Gasteiger charge is -2.07. The van der Waals surface area contributed by atoms with Crippen LogP contribution in [-0.4, -0.2) is 22.6 Å². The lowest BCUT2D eigenvalue weighted by atomic mass is 10.1. The molecule has 6 nitrogen and oxygen atoms in total. The molecule has 0 aromatic heterocycles. The Morgan fingerprint density at radius 1 is 1.53 bits per heavy atom. The topological polar surface area (TPSA) is 89.7 Å². The van der Waals surface area contributed by atoms with E-state index in [9.17, 15) is 23.7 Å². The number of halogens is 2. The number of hydrogen-bond acceptors (Lipinski definition) is 4. The van der Waals surface area contributed by atoms with Crippen LogP contribution in [0.3, 0.4) is 0 Å². The van der Waals surface area contributed by atoms with Gasteiger partial charge in [-0.3, -0.25) is 10.1 Å². The smallest absolute Gasteiger partial charge is 0.387 e. The third-order valence-corrected chi connectivity index (χ3v) is 1.91. The number of ether oxygens (including phenoxy) is 1. The molecule has 0 bridgehead atoms. The van der Waals surface area contributed by atoms with E-state index in [-0.39, 0.29) is 5.56 Å². The van der Waals surface area contributed by atoms with Crippen LogP contribution in [0, 0.1) is 17.0 Å². The maximum absolute atomic E-state index is 11.9. The number of nitro benzene ring substituents is 1. The molecule has 0 unspecified atom stereocenters. The summed E-state index contributed by atoms with van der Waals surface area (Å²) in [5.41, 5.74) is -1.39. The molecule has 0 heterocycles. The Hall–Kier alpha value is -2.25. The van der Waals surface area contributed by atoms with Gasteiger partial charge in [-0.25, -0.2) is 4.79 Å². The fourth-order valence-corrected chi connectivity index (χ4v) is 1.32. The van der Waals surface area contributed by atoms with Crippen molar-refractivity contribution < 1.29 is 28.3 Å². The van der Waals surface area contributed by atoms with Gasteiger partial charge in [0, 0.05) is 11.6 Å². The Kier molecular flexibility index (Phi) is 3.56. The van der Waals surface area contributed by atoms with Crippen molar-refractivity contribution >= 4 is 11.7 Å². The highest BCUT2D eigenvalue weighted by Gasteiger charge is 2.24. The highest BCUT2D eigenvalue weighted by molar-refractivity contribution is 5.93. The minimum absolute atomic E-state index is 0.0643. The fourth-order valence-electron chi connectivity index (χ4n) is 1.32. The highest BCUT2D eigenvalue weighted by Crippen LogP contribution is 2.29. The summed E-state index contributed by atoms with van der Waals surface area (Å²) in [6, 6.07) is 1.68. The number of hydrogen-bond donors (Lipinski definition) is 1. The largest absolute Gasteiger partial charge is 0.477 e. The Balaban J connectivity index is 3.36. The van der Waals surface area contributed by atoms with Crippen LogP contribution in [0.5, 0.6) is 5.75 Å². The first-order chi connectivity index (χ1) is 7.82. The van der Waals surface area contributed by atoms with Gasteiger partial charge in [-0.1, -0.05) is 0 Å².